The van der Waals surface area contributed by atoms with Gasteiger partial charge in [-0.15, -0.1) is 0 Å². The van der Waals surface area contributed by atoms with E-state index in [2.05, 4.69) is 5.32 Å². The zero-order valence-corrected chi connectivity index (χ0v) is 10.8. The van der Waals surface area contributed by atoms with Gasteiger partial charge in [0.05, 0.1) is 30.6 Å². The van der Waals surface area contributed by atoms with E-state index in [1.807, 2.05) is 6.92 Å². The summed E-state index contributed by atoms with van der Waals surface area (Å²) >= 11 is 0. The summed E-state index contributed by atoms with van der Waals surface area (Å²) in [5.74, 6) is 0.0966. The molecule has 0 amide bonds. The number of ether oxygens (including phenoxy) is 2. The van der Waals surface area contributed by atoms with Gasteiger partial charge in [-0.3, -0.25) is 0 Å². The third-order valence-electron chi connectivity index (χ3n) is 3.19. The molecule has 0 bridgehead atoms. The van der Waals surface area contributed by atoms with Gasteiger partial charge in [-0.1, -0.05) is 0 Å². The van der Waals surface area contributed by atoms with Crippen LogP contribution in [0.1, 0.15) is 19.8 Å². The van der Waals surface area contributed by atoms with E-state index in [9.17, 15) is 4.39 Å². The lowest BCUT2D eigenvalue weighted by Crippen LogP contribution is -2.43. The zero-order chi connectivity index (χ0) is 13.2. The molecule has 1 atom stereocenters. The Balaban J connectivity index is 2.22. The van der Waals surface area contributed by atoms with Gasteiger partial charge in [-0.2, -0.15) is 0 Å². The number of methoxy groups -OCH3 is 1. The van der Waals surface area contributed by atoms with Crippen LogP contribution in [-0.4, -0.2) is 25.9 Å². The van der Waals surface area contributed by atoms with Crippen LogP contribution in [-0.2, 0) is 4.74 Å². The SMILES string of the molecule is COc1cc(NC2(C)CCCOC2)c(F)cc1N. The molecule has 0 aromatic heterocycles. The molecule has 0 aliphatic carbocycles. The summed E-state index contributed by atoms with van der Waals surface area (Å²) in [4.78, 5) is 0. The standard InChI is InChI=1S/C13H19FN2O2/c1-13(4-3-5-18-8-13)16-11-7-12(17-2)10(15)6-9(11)14/h6-7,16H,3-5,8,15H2,1-2H3. The van der Waals surface area contributed by atoms with E-state index in [4.69, 9.17) is 15.2 Å². The minimum absolute atomic E-state index is 0.250. The number of hydrogen-bond donors (Lipinski definition) is 2. The van der Waals surface area contributed by atoms with E-state index in [1.54, 1.807) is 6.07 Å². The molecule has 1 heterocycles. The van der Waals surface area contributed by atoms with Crippen LogP contribution >= 0.6 is 0 Å². The Labute approximate surface area is 106 Å². The second kappa shape index (κ2) is 5.02. The van der Waals surface area contributed by atoms with Gasteiger partial charge in [-0.25, -0.2) is 4.39 Å². The van der Waals surface area contributed by atoms with Crippen LogP contribution in [0.5, 0.6) is 5.75 Å². The maximum atomic E-state index is 13.9. The molecule has 0 saturated carbocycles. The predicted octanol–water partition coefficient (Wildman–Crippen LogP) is 2.40. The lowest BCUT2D eigenvalue weighted by Gasteiger charge is -2.35. The first kappa shape index (κ1) is 13.0. The number of halogens is 1. The summed E-state index contributed by atoms with van der Waals surface area (Å²) in [6.45, 7) is 3.36. The number of nitrogen functional groups attached to an aromatic ring is 1. The zero-order valence-electron chi connectivity index (χ0n) is 10.8. The first-order valence-electron chi connectivity index (χ1n) is 6.03. The molecule has 3 N–H and O–H groups in total. The van der Waals surface area contributed by atoms with E-state index in [0.29, 0.717) is 23.7 Å². The van der Waals surface area contributed by atoms with Gasteiger partial charge >= 0.3 is 0 Å². The highest BCUT2D eigenvalue weighted by atomic mass is 19.1. The molecule has 0 spiro atoms. The van der Waals surface area contributed by atoms with Crippen molar-refractivity contribution in [2.24, 2.45) is 0 Å². The largest absolute Gasteiger partial charge is 0.495 e. The maximum Gasteiger partial charge on any atom is 0.148 e. The van der Waals surface area contributed by atoms with Gasteiger partial charge in [0.1, 0.15) is 11.6 Å². The molecule has 1 fully saturated rings. The number of hydrogen-bond acceptors (Lipinski definition) is 4. The van der Waals surface area contributed by atoms with Gasteiger partial charge in [0.2, 0.25) is 0 Å². The summed E-state index contributed by atoms with van der Waals surface area (Å²) in [5.41, 5.74) is 6.09. The van der Waals surface area contributed by atoms with E-state index in [-0.39, 0.29) is 11.4 Å². The molecule has 1 aromatic carbocycles. The molecular weight excluding hydrogens is 235 g/mol. The van der Waals surface area contributed by atoms with Crippen molar-refractivity contribution in [3.05, 3.63) is 17.9 Å². The van der Waals surface area contributed by atoms with Crippen molar-refractivity contribution in [1.82, 2.24) is 0 Å². The van der Waals surface area contributed by atoms with Crippen molar-refractivity contribution in [3.63, 3.8) is 0 Å². The number of nitrogens with two attached hydrogens (primary N) is 1. The minimum Gasteiger partial charge on any atom is -0.495 e. The van der Waals surface area contributed by atoms with Crippen molar-refractivity contribution in [3.8, 4) is 5.75 Å². The third kappa shape index (κ3) is 2.67. The highest BCUT2D eigenvalue weighted by Crippen LogP contribution is 2.31. The van der Waals surface area contributed by atoms with Crippen LogP contribution in [0.15, 0.2) is 12.1 Å². The molecule has 18 heavy (non-hydrogen) atoms. The maximum absolute atomic E-state index is 13.9. The average molecular weight is 254 g/mol. The summed E-state index contributed by atoms with van der Waals surface area (Å²) < 4.78 is 24.4. The third-order valence-corrected chi connectivity index (χ3v) is 3.19. The summed E-state index contributed by atoms with van der Waals surface area (Å²) in [6, 6.07) is 2.86. The van der Waals surface area contributed by atoms with Crippen molar-refractivity contribution in [2.45, 2.75) is 25.3 Å². The van der Waals surface area contributed by atoms with Gasteiger partial charge in [0.15, 0.2) is 0 Å². The number of rotatable bonds is 3. The van der Waals surface area contributed by atoms with Crippen LogP contribution in [0.2, 0.25) is 0 Å². The lowest BCUT2D eigenvalue weighted by atomic mass is 9.94. The minimum atomic E-state index is -0.375. The second-order valence-electron chi connectivity index (χ2n) is 4.92. The van der Waals surface area contributed by atoms with Crippen molar-refractivity contribution in [2.75, 3.05) is 31.4 Å². The first-order valence-corrected chi connectivity index (χ1v) is 6.03. The number of benzene rings is 1. The van der Waals surface area contributed by atoms with Gasteiger partial charge < -0.3 is 20.5 Å². The van der Waals surface area contributed by atoms with Crippen LogP contribution in [0, 0.1) is 5.82 Å². The molecule has 1 unspecified atom stereocenters. The fourth-order valence-electron chi connectivity index (χ4n) is 2.20. The molecule has 0 radical (unpaired) electrons. The fraction of sp³-hybridized carbons (Fsp3) is 0.538. The van der Waals surface area contributed by atoms with Crippen LogP contribution in [0.25, 0.3) is 0 Å². The van der Waals surface area contributed by atoms with Gasteiger partial charge in [0.25, 0.3) is 0 Å². The smallest absolute Gasteiger partial charge is 0.148 e. The van der Waals surface area contributed by atoms with Crippen LogP contribution < -0.4 is 15.8 Å². The Morgan fingerprint density at radius 2 is 2.28 bits per heavy atom. The normalized spacial score (nSPS) is 23.7. The Kier molecular flexibility index (Phi) is 3.61. The Hall–Kier alpha value is -1.49. The van der Waals surface area contributed by atoms with E-state index in [0.717, 1.165) is 19.4 Å². The molecule has 5 heteroatoms. The number of nitrogens with one attached hydrogen (secondary N) is 1. The quantitative estimate of drug-likeness (QED) is 0.813. The summed E-state index contributed by atoms with van der Waals surface area (Å²) in [6.07, 6.45) is 1.91. The van der Waals surface area contributed by atoms with E-state index in [1.165, 1.54) is 13.2 Å². The van der Waals surface area contributed by atoms with Crippen molar-refractivity contribution >= 4 is 11.4 Å². The molecular formula is C13H19FN2O2. The van der Waals surface area contributed by atoms with E-state index < -0.39 is 0 Å². The van der Waals surface area contributed by atoms with Crippen LogP contribution in [0.4, 0.5) is 15.8 Å². The Morgan fingerprint density at radius 3 is 2.89 bits per heavy atom. The first-order chi connectivity index (χ1) is 8.54. The molecule has 1 saturated heterocycles. The average Bonchev–Trinajstić information content (AvgIpc) is 2.33. The monoisotopic (exact) mass is 254 g/mol. The lowest BCUT2D eigenvalue weighted by molar-refractivity contribution is 0.0539. The number of anilines is 2. The fourth-order valence-corrected chi connectivity index (χ4v) is 2.20. The molecule has 2 rings (SSSR count). The molecule has 1 aliphatic rings. The second-order valence-corrected chi connectivity index (χ2v) is 4.92. The topological polar surface area (TPSA) is 56.5 Å². The summed E-state index contributed by atoms with van der Waals surface area (Å²) in [5, 5.41) is 3.19. The highest BCUT2D eigenvalue weighted by molar-refractivity contribution is 5.63. The van der Waals surface area contributed by atoms with Crippen molar-refractivity contribution in [1.29, 1.82) is 0 Å². The van der Waals surface area contributed by atoms with Crippen LogP contribution in [0.3, 0.4) is 0 Å². The Morgan fingerprint density at radius 1 is 1.50 bits per heavy atom. The molecule has 4 nitrogen and oxygen atoms in total. The van der Waals surface area contributed by atoms with Gasteiger partial charge in [-0.05, 0) is 19.8 Å². The highest BCUT2D eigenvalue weighted by Gasteiger charge is 2.28. The molecule has 1 aliphatic heterocycles. The predicted molar refractivity (Wildman–Crippen MR) is 69.4 cm³/mol. The van der Waals surface area contributed by atoms with Crippen molar-refractivity contribution < 1.29 is 13.9 Å². The van der Waals surface area contributed by atoms with Gasteiger partial charge in [0, 0.05) is 18.7 Å². The molecule has 1 aromatic rings. The van der Waals surface area contributed by atoms with E-state index >= 15 is 0 Å². The molecule has 100 valence electrons. The Bertz CT molecular complexity index is 431. The summed E-state index contributed by atoms with van der Waals surface area (Å²) in [7, 11) is 1.51.